The normalized spacial score (nSPS) is 8.70. The molecule has 3 heteroatoms. The van der Waals surface area contributed by atoms with Crippen LogP contribution in [0.3, 0.4) is 0 Å². The Morgan fingerprint density at radius 3 is 2.40 bits per heavy atom. The third-order valence-corrected chi connectivity index (χ3v) is 1.79. The van der Waals surface area contributed by atoms with E-state index in [1.807, 2.05) is 19.9 Å². The van der Waals surface area contributed by atoms with E-state index in [9.17, 15) is 0 Å². The number of rotatable bonds is 0. The van der Waals surface area contributed by atoms with Crippen LogP contribution in [0.15, 0.2) is 12.3 Å². The van der Waals surface area contributed by atoms with E-state index < -0.39 is 0 Å². The standard InChI is InChI=1S/C7H8ClN.ClH/c1-5-3-4-9-7(8)6(5)2;/h3-4H,1-2H3;1H. The molecular weight excluding hydrogens is 169 g/mol. The van der Waals surface area contributed by atoms with E-state index in [0.29, 0.717) is 5.15 Å². The molecule has 0 aliphatic rings. The molecule has 1 rings (SSSR count). The SMILES string of the molecule is Cc1ccnc(Cl)c1C.Cl. The number of aryl methyl sites for hydroxylation is 1. The lowest BCUT2D eigenvalue weighted by Crippen LogP contribution is -1.83. The lowest BCUT2D eigenvalue weighted by Gasteiger charge is -1.97. The monoisotopic (exact) mass is 177 g/mol. The van der Waals surface area contributed by atoms with E-state index in [1.54, 1.807) is 6.20 Å². The highest BCUT2D eigenvalue weighted by atomic mass is 35.5. The van der Waals surface area contributed by atoms with Crippen LogP contribution in [-0.2, 0) is 0 Å². The minimum atomic E-state index is 0. The van der Waals surface area contributed by atoms with Gasteiger partial charge in [0.2, 0.25) is 0 Å². The van der Waals surface area contributed by atoms with Gasteiger partial charge in [-0.2, -0.15) is 0 Å². The van der Waals surface area contributed by atoms with Gasteiger partial charge in [0, 0.05) is 6.20 Å². The van der Waals surface area contributed by atoms with Crippen molar-refractivity contribution in [2.24, 2.45) is 0 Å². The highest BCUT2D eigenvalue weighted by Crippen LogP contribution is 2.13. The van der Waals surface area contributed by atoms with Crippen molar-refractivity contribution >= 4 is 24.0 Å². The molecule has 0 spiro atoms. The minimum absolute atomic E-state index is 0. The number of halogens is 2. The van der Waals surface area contributed by atoms with Gasteiger partial charge in [-0.25, -0.2) is 4.98 Å². The number of nitrogens with zero attached hydrogens (tertiary/aromatic N) is 1. The summed E-state index contributed by atoms with van der Waals surface area (Å²) in [6, 6.07) is 1.95. The Kier molecular flexibility index (Phi) is 3.69. The summed E-state index contributed by atoms with van der Waals surface area (Å²) in [4.78, 5) is 3.90. The van der Waals surface area contributed by atoms with E-state index in [2.05, 4.69) is 4.98 Å². The van der Waals surface area contributed by atoms with Crippen LogP contribution in [0.2, 0.25) is 5.15 Å². The van der Waals surface area contributed by atoms with Crippen LogP contribution in [0.4, 0.5) is 0 Å². The van der Waals surface area contributed by atoms with Crippen molar-refractivity contribution in [3.05, 3.63) is 28.5 Å². The Hall–Kier alpha value is -0.270. The molecule has 0 saturated carbocycles. The largest absolute Gasteiger partial charge is 0.244 e. The Bertz CT molecular complexity index is 203. The first-order chi connectivity index (χ1) is 4.22. The van der Waals surface area contributed by atoms with Crippen molar-refractivity contribution in [1.29, 1.82) is 0 Å². The molecule has 1 aromatic heterocycles. The van der Waals surface area contributed by atoms with E-state index in [1.165, 1.54) is 5.56 Å². The smallest absolute Gasteiger partial charge is 0.132 e. The maximum atomic E-state index is 5.70. The van der Waals surface area contributed by atoms with Gasteiger partial charge in [-0.05, 0) is 31.0 Å². The van der Waals surface area contributed by atoms with Gasteiger partial charge < -0.3 is 0 Å². The second-order valence-electron chi connectivity index (χ2n) is 2.04. The van der Waals surface area contributed by atoms with Crippen LogP contribution in [0.1, 0.15) is 11.1 Å². The van der Waals surface area contributed by atoms with Crippen molar-refractivity contribution in [2.45, 2.75) is 13.8 Å². The molecule has 0 unspecified atom stereocenters. The highest BCUT2D eigenvalue weighted by molar-refractivity contribution is 6.30. The zero-order chi connectivity index (χ0) is 6.85. The molecule has 1 aromatic rings. The Labute approximate surface area is 71.8 Å². The van der Waals surface area contributed by atoms with Gasteiger partial charge in [-0.15, -0.1) is 12.4 Å². The Morgan fingerprint density at radius 1 is 1.40 bits per heavy atom. The summed E-state index contributed by atoms with van der Waals surface area (Å²) in [5, 5.41) is 0.606. The fourth-order valence-corrected chi connectivity index (χ4v) is 0.804. The first-order valence-corrected chi connectivity index (χ1v) is 3.17. The quantitative estimate of drug-likeness (QED) is 0.556. The van der Waals surface area contributed by atoms with Crippen LogP contribution in [0.25, 0.3) is 0 Å². The Morgan fingerprint density at radius 2 is 2.00 bits per heavy atom. The van der Waals surface area contributed by atoms with Crippen molar-refractivity contribution < 1.29 is 0 Å². The molecule has 0 fully saturated rings. The third kappa shape index (κ3) is 1.86. The molecule has 0 saturated heterocycles. The number of pyridine rings is 1. The topological polar surface area (TPSA) is 12.9 Å². The van der Waals surface area contributed by atoms with Gasteiger partial charge >= 0.3 is 0 Å². The fraction of sp³-hybridized carbons (Fsp3) is 0.286. The maximum absolute atomic E-state index is 5.70. The van der Waals surface area contributed by atoms with E-state index in [4.69, 9.17) is 11.6 Å². The molecule has 0 radical (unpaired) electrons. The molecule has 0 aliphatic carbocycles. The lowest BCUT2D eigenvalue weighted by molar-refractivity contribution is 1.22. The van der Waals surface area contributed by atoms with Crippen molar-refractivity contribution in [2.75, 3.05) is 0 Å². The molecule has 0 atom stereocenters. The summed E-state index contributed by atoms with van der Waals surface area (Å²) < 4.78 is 0. The summed E-state index contributed by atoms with van der Waals surface area (Å²) in [6.07, 6.45) is 1.71. The summed E-state index contributed by atoms with van der Waals surface area (Å²) in [5.74, 6) is 0. The molecule has 1 heterocycles. The summed E-state index contributed by atoms with van der Waals surface area (Å²) in [7, 11) is 0. The number of hydrogen-bond donors (Lipinski definition) is 0. The van der Waals surface area contributed by atoms with Crippen LogP contribution >= 0.6 is 24.0 Å². The number of hydrogen-bond acceptors (Lipinski definition) is 1. The van der Waals surface area contributed by atoms with E-state index >= 15 is 0 Å². The van der Waals surface area contributed by atoms with E-state index in [-0.39, 0.29) is 12.4 Å². The summed E-state index contributed by atoms with van der Waals surface area (Å²) in [6.45, 7) is 3.98. The van der Waals surface area contributed by atoms with Crippen molar-refractivity contribution in [3.63, 3.8) is 0 Å². The average Bonchev–Trinajstić information content (AvgIpc) is 1.83. The molecule has 56 valence electrons. The van der Waals surface area contributed by atoms with Gasteiger partial charge in [0.1, 0.15) is 5.15 Å². The van der Waals surface area contributed by atoms with Crippen LogP contribution < -0.4 is 0 Å². The average molecular weight is 178 g/mol. The zero-order valence-electron chi connectivity index (χ0n) is 5.89. The molecule has 0 bridgehead atoms. The van der Waals surface area contributed by atoms with Crippen LogP contribution in [0, 0.1) is 13.8 Å². The predicted molar refractivity (Wildman–Crippen MR) is 46.0 cm³/mol. The van der Waals surface area contributed by atoms with Gasteiger partial charge in [0.25, 0.3) is 0 Å². The minimum Gasteiger partial charge on any atom is -0.244 e. The zero-order valence-corrected chi connectivity index (χ0v) is 7.46. The first kappa shape index (κ1) is 9.73. The molecule has 10 heavy (non-hydrogen) atoms. The molecule has 1 nitrogen and oxygen atoms in total. The molecule has 0 aromatic carbocycles. The summed E-state index contributed by atoms with van der Waals surface area (Å²) >= 11 is 5.70. The molecule has 0 amide bonds. The van der Waals surface area contributed by atoms with Crippen molar-refractivity contribution in [1.82, 2.24) is 4.98 Å². The van der Waals surface area contributed by atoms with Gasteiger partial charge in [-0.3, -0.25) is 0 Å². The molecule has 0 aliphatic heterocycles. The van der Waals surface area contributed by atoms with Gasteiger partial charge in [0.15, 0.2) is 0 Å². The van der Waals surface area contributed by atoms with Gasteiger partial charge in [-0.1, -0.05) is 11.6 Å². The Balaban J connectivity index is 0.000000810. The second kappa shape index (κ2) is 3.79. The maximum Gasteiger partial charge on any atom is 0.132 e. The third-order valence-electron chi connectivity index (χ3n) is 1.41. The second-order valence-corrected chi connectivity index (χ2v) is 2.40. The molecule has 0 N–H and O–H groups in total. The first-order valence-electron chi connectivity index (χ1n) is 2.79. The predicted octanol–water partition coefficient (Wildman–Crippen LogP) is 2.77. The van der Waals surface area contributed by atoms with E-state index in [0.717, 1.165) is 5.56 Å². The van der Waals surface area contributed by atoms with Crippen LogP contribution in [0.5, 0.6) is 0 Å². The van der Waals surface area contributed by atoms with Gasteiger partial charge in [0.05, 0.1) is 0 Å². The number of aromatic nitrogens is 1. The summed E-state index contributed by atoms with van der Waals surface area (Å²) in [5.41, 5.74) is 2.26. The lowest BCUT2D eigenvalue weighted by atomic mass is 10.2. The highest BCUT2D eigenvalue weighted by Gasteiger charge is 1.95. The fourth-order valence-electron chi connectivity index (χ4n) is 0.599. The van der Waals surface area contributed by atoms with Crippen molar-refractivity contribution in [3.8, 4) is 0 Å². The molecular formula is C7H9Cl2N. The van der Waals surface area contributed by atoms with Crippen LogP contribution in [-0.4, -0.2) is 4.98 Å².